The second kappa shape index (κ2) is 7.72. The van der Waals surface area contributed by atoms with E-state index in [1.54, 1.807) is 24.5 Å². The molecular weight excluding hydrogens is 358 g/mol. The van der Waals surface area contributed by atoms with Gasteiger partial charge in [-0.1, -0.05) is 18.2 Å². The lowest BCUT2D eigenvalue weighted by molar-refractivity contribution is -0.130. The Labute approximate surface area is 161 Å². The maximum Gasteiger partial charge on any atom is 0.228 e. The van der Waals surface area contributed by atoms with Gasteiger partial charge in [-0.05, 0) is 41.8 Å². The zero-order valence-corrected chi connectivity index (χ0v) is 15.5. The van der Waals surface area contributed by atoms with Crippen LogP contribution < -0.4 is 0 Å². The quantitative estimate of drug-likeness (QED) is 0.752. The monoisotopic (exact) mass is 377 g/mol. The first-order valence-corrected chi connectivity index (χ1v) is 9.68. The van der Waals surface area contributed by atoms with Gasteiger partial charge in [-0.2, -0.15) is 0 Å². The number of benzene rings is 1. The Hall–Kier alpha value is -2.99. The fourth-order valence-corrected chi connectivity index (χ4v) is 3.92. The molecule has 6 heteroatoms. The van der Waals surface area contributed by atoms with E-state index in [0.717, 1.165) is 28.2 Å². The van der Waals surface area contributed by atoms with E-state index in [-0.39, 0.29) is 11.7 Å². The average molecular weight is 377 g/mol. The van der Waals surface area contributed by atoms with Crippen molar-refractivity contribution in [1.82, 2.24) is 14.9 Å². The molecule has 0 bridgehead atoms. The molecule has 5 nitrogen and oxygen atoms in total. The highest BCUT2D eigenvalue weighted by atomic mass is 32.1. The lowest BCUT2D eigenvalue weighted by atomic mass is 9.99. The van der Waals surface area contributed by atoms with Crippen LogP contribution >= 0.6 is 11.3 Å². The van der Waals surface area contributed by atoms with Crippen LogP contribution in [-0.2, 0) is 11.2 Å². The largest absolute Gasteiger partial charge is 0.508 e. The van der Waals surface area contributed by atoms with E-state index in [0.29, 0.717) is 19.5 Å². The first-order chi connectivity index (χ1) is 13.2. The lowest BCUT2D eigenvalue weighted by Gasteiger charge is -2.26. The molecule has 0 atom stereocenters. The van der Waals surface area contributed by atoms with Crippen LogP contribution in [0.4, 0.5) is 0 Å². The second-order valence-electron chi connectivity index (χ2n) is 6.43. The van der Waals surface area contributed by atoms with Crippen molar-refractivity contribution in [3.8, 4) is 16.3 Å². The van der Waals surface area contributed by atoms with Crippen molar-refractivity contribution in [2.75, 3.05) is 13.1 Å². The van der Waals surface area contributed by atoms with Gasteiger partial charge in [0.1, 0.15) is 10.8 Å². The van der Waals surface area contributed by atoms with E-state index in [9.17, 15) is 9.90 Å². The third-order valence-electron chi connectivity index (χ3n) is 4.59. The molecular formula is C21H19N3O2S. The van der Waals surface area contributed by atoms with Crippen molar-refractivity contribution in [2.24, 2.45) is 0 Å². The van der Waals surface area contributed by atoms with Gasteiger partial charge >= 0.3 is 0 Å². The number of thiazole rings is 1. The first kappa shape index (κ1) is 17.4. The molecule has 3 heterocycles. The highest BCUT2D eigenvalue weighted by Crippen LogP contribution is 2.25. The minimum Gasteiger partial charge on any atom is -0.508 e. The highest BCUT2D eigenvalue weighted by molar-refractivity contribution is 7.13. The van der Waals surface area contributed by atoms with Gasteiger partial charge in [-0.25, -0.2) is 4.98 Å². The van der Waals surface area contributed by atoms with E-state index < -0.39 is 0 Å². The fourth-order valence-electron chi connectivity index (χ4n) is 3.11. The molecule has 0 saturated heterocycles. The Morgan fingerprint density at radius 1 is 1.19 bits per heavy atom. The Bertz CT molecular complexity index is 965. The third kappa shape index (κ3) is 4.06. The summed E-state index contributed by atoms with van der Waals surface area (Å²) >= 11 is 1.54. The van der Waals surface area contributed by atoms with Gasteiger partial charge in [-0.15, -0.1) is 11.3 Å². The number of carbonyl (C=O) groups excluding carboxylic acids is 1. The normalized spacial score (nSPS) is 14.1. The summed E-state index contributed by atoms with van der Waals surface area (Å²) < 4.78 is 0. The molecule has 136 valence electrons. The number of pyridine rings is 1. The van der Waals surface area contributed by atoms with Crippen molar-refractivity contribution >= 4 is 22.8 Å². The predicted molar refractivity (Wildman–Crippen MR) is 106 cm³/mol. The fraction of sp³-hybridized carbons (Fsp3) is 0.190. The number of phenolic OH excluding ortho intramolecular Hbond substituents is 1. The summed E-state index contributed by atoms with van der Waals surface area (Å²) in [5.41, 5.74) is 4.09. The molecule has 4 rings (SSSR count). The van der Waals surface area contributed by atoms with Crippen LogP contribution in [0.3, 0.4) is 0 Å². The number of nitrogens with zero attached hydrogens (tertiary/aromatic N) is 3. The van der Waals surface area contributed by atoms with Gasteiger partial charge in [0.2, 0.25) is 5.91 Å². The van der Waals surface area contributed by atoms with Crippen LogP contribution in [0, 0.1) is 0 Å². The van der Waals surface area contributed by atoms with Gasteiger partial charge in [0.05, 0.1) is 12.1 Å². The van der Waals surface area contributed by atoms with Gasteiger partial charge in [0.25, 0.3) is 0 Å². The number of phenols is 1. The van der Waals surface area contributed by atoms with Crippen LogP contribution in [0.5, 0.6) is 5.75 Å². The maximum atomic E-state index is 12.6. The summed E-state index contributed by atoms with van der Waals surface area (Å²) in [7, 11) is 0. The van der Waals surface area contributed by atoms with Crippen molar-refractivity contribution in [1.29, 1.82) is 0 Å². The average Bonchev–Trinajstić information content (AvgIpc) is 3.18. The number of aromatic hydroxyl groups is 1. The Morgan fingerprint density at radius 2 is 2.04 bits per heavy atom. The Morgan fingerprint density at radius 3 is 2.74 bits per heavy atom. The van der Waals surface area contributed by atoms with E-state index in [2.05, 4.69) is 16.0 Å². The molecule has 1 aromatic carbocycles. The number of carbonyl (C=O) groups is 1. The number of hydrogen-bond donors (Lipinski definition) is 1. The van der Waals surface area contributed by atoms with Crippen LogP contribution in [-0.4, -0.2) is 39.0 Å². The minimum atomic E-state index is 0.0963. The van der Waals surface area contributed by atoms with Crippen LogP contribution in [0.25, 0.3) is 16.1 Å². The Kier molecular flexibility index (Phi) is 4.98. The van der Waals surface area contributed by atoms with Crippen LogP contribution in [0.1, 0.15) is 17.7 Å². The number of hydrogen-bond acceptors (Lipinski definition) is 5. The smallest absolute Gasteiger partial charge is 0.228 e. The molecule has 1 amide bonds. The third-order valence-corrected chi connectivity index (χ3v) is 5.53. The molecule has 0 spiro atoms. The predicted octanol–water partition coefficient (Wildman–Crippen LogP) is 3.77. The number of rotatable bonds is 4. The zero-order chi connectivity index (χ0) is 18.6. The van der Waals surface area contributed by atoms with E-state index in [1.807, 2.05) is 34.5 Å². The van der Waals surface area contributed by atoms with Crippen LogP contribution in [0.2, 0.25) is 0 Å². The molecule has 0 unspecified atom stereocenters. The van der Waals surface area contributed by atoms with Gasteiger partial charge in [0.15, 0.2) is 0 Å². The van der Waals surface area contributed by atoms with E-state index in [4.69, 9.17) is 0 Å². The van der Waals surface area contributed by atoms with E-state index >= 15 is 0 Å². The molecule has 1 aliphatic heterocycles. The molecule has 1 N–H and O–H groups in total. The lowest BCUT2D eigenvalue weighted by Crippen LogP contribution is -2.35. The molecule has 0 aliphatic carbocycles. The van der Waals surface area contributed by atoms with Crippen molar-refractivity contribution in [3.05, 3.63) is 71.5 Å². The van der Waals surface area contributed by atoms with Crippen molar-refractivity contribution < 1.29 is 9.90 Å². The van der Waals surface area contributed by atoms with Crippen molar-refractivity contribution in [2.45, 2.75) is 12.8 Å². The maximum absolute atomic E-state index is 12.6. The summed E-state index contributed by atoms with van der Waals surface area (Å²) in [5, 5.41) is 12.2. The summed E-state index contributed by atoms with van der Waals surface area (Å²) in [4.78, 5) is 23.2. The number of amides is 1. The van der Waals surface area contributed by atoms with Gasteiger partial charge < -0.3 is 10.0 Å². The highest BCUT2D eigenvalue weighted by Gasteiger charge is 2.19. The zero-order valence-electron chi connectivity index (χ0n) is 14.7. The molecule has 0 fully saturated rings. The van der Waals surface area contributed by atoms with Crippen molar-refractivity contribution in [3.63, 3.8) is 0 Å². The minimum absolute atomic E-state index is 0.0963. The molecule has 0 radical (unpaired) electrons. The SMILES string of the molecule is O=C(Cc1csc(-c2cccnc2)n1)N1CC=C(c2ccc(O)cc2)CC1. The second-order valence-corrected chi connectivity index (χ2v) is 7.29. The molecule has 2 aromatic heterocycles. The topological polar surface area (TPSA) is 66.3 Å². The molecule has 0 saturated carbocycles. The van der Waals surface area contributed by atoms with Gasteiger partial charge in [0, 0.05) is 36.4 Å². The molecule has 1 aliphatic rings. The molecule has 27 heavy (non-hydrogen) atoms. The number of aromatic nitrogens is 2. The summed E-state index contributed by atoms with van der Waals surface area (Å²) in [6.45, 7) is 1.31. The standard InChI is InChI=1S/C21H19N3O2S/c25-19-5-3-15(4-6-19)16-7-10-24(11-8-16)20(26)12-18-14-27-21(23-18)17-2-1-9-22-13-17/h1-7,9,13-14,25H,8,10-12H2. The molecule has 3 aromatic rings. The summed E-state index contributed by atoms with van der Waals surface area (Å²) in [6.07, 6.45) is 6.74. The van der Waals surface area contributed by atoms with E-state index in [1.165, 1.54) is 16.9 Å². The first-order valence-electron chi connectivity index (χ1n) is 8.80. The van der Waals surface area contributed by atoms with Gasteiger partial charge in [-0.3, -0.25) is 9.78 Å². The van der Waals surface area contributed by atoms with Crippen LogP contribution in [0.15, 0.2) is 60.2 Å². The Balaban J connectivity index is 1.38. The summed E-state index contributed by atoms with van der Waals surface area (Å²) in [6, 6.07) is 11.1. The summed E-state index contributed by atoms with van der Waals surface area (Å²) in [5.74, 6) is 0.361.